The van der Waals surface area contributed by atoms with Crippen molar-refractivity contribution in [2.45, 2.75) is 141 Å². The standard InChI is InChI=1S/C31H64NO5P/c1-7-9-10-11-12-13-14-15-16-17-18-19-20-21-22-23-24-25-27-36-28-30(35-6)29-37-38(33,34)31(26-8-2)32(3,4)5/h14-15,30-31H,7-13,16-29H2,1-6H3/p+1/b15-14-/t30-,31?/m1/s1. The molecule has 0 rings (SSSR count). The molecule has 0 aromatic heterocycles. The SMILES string of the molecule is CCCCCCC/C=C\CCCCCCCCCCCOC[C@H](COP(=O)(O)C(CCC)[N+](C)(C)C)OC. The quantitative estimate of drug-likeness (QED) is 0.0446. The summed E-state index contributed by atoms with van der Waals surface area (Å²) in [4.78, 5) is 10.5. The van der Waals surface area contributed by atoms with Crippen LogP contribution in [0.4, 0.5) is 0 Å². The van der Waals surface area contributed by atoms with Gasteiger partial charge in [0.1, 0.15) is 6.10 Å². The monoisotopic (exact) mass is 562 g/mol. The van der Waals surface area contributed by atoms with Crippen molar-refractivity contribution in [1.82, 2.24) is 0 Å². The number of hydrogen-bond donors (Lipinski definition) is 1. The molecule has 0 fully saturated rings. The van der Waals surface area contributed by atoms with Crippen LogP contribution < -0.4 is 0 Å². The van der Waals surface area contributed by atoms with E-state index in [-0.39, 0.29) is 12.7 Å². The molecule has 0 radical (unpaired) electrons. The van der Waals surface area contributed by atoms with Gasteiger partial charge in [0, 0.05) is 20.1 Å². The lowest BCUT2D eigenvalue weighted by atomic mass is 10.1. The fourth-order valence-electron chi connectivity index (χ4n) is 4.73. The maximum absolute atomic E-state index is 12.8. The molecule has 0 aliphatic heterocycles. The summed E-state index contributed by atoms with van der Waals surface area (Å²) in [7, 11) is 3.63. The summed E-state index contributed by atoms with van der Waals surface area (Å²) in [5, 5.41) is 0. The highest BCUT2D eigenvalue weighted by Gasteiger charge is 2.42. The number of quaternary nitrogens is 1. The Morgan fingerprint density at radius 1 is 0.737 bits per heavy atom. The third-order valence-corrected chi connectivity index (χ3v) is 9.42. The van der Waals surface area contributed by atoms with E-state index in [1.165, 1.54) is 96.3 Å². The Morgan fingerprint density at radius 3 is 1.71 bits per heavy atom. The van der Waals surface area contributed by atoms with Crippen LogP contribution >= 0.6 is 7.60 Å². The molecule has 0 aromatic rings. The largest absolute Gasteiger partial charge is 0.385 e. The van der Waals surface area contributed by atoms with Gasteiger partial charge in [-0.1, -0.05) is 96.6 Å². The first-order chi connectivity index (χ1) is 18.2. The Morgan fingerprint density at radius 2 is 1.24 bits per heavy atom. The van der Waals surface area contributed by atoms with Crippen molar-refractivity contribution >= 4 is 7.60 Å². The zero-order chi connectivity index (χ0) is 28.5. The van der Waals surface area contributed by atoms with Crippen LogP contribution in [0.2, 0.25) is 0 Å². The van der Waals surface area contributed by atoms with E-state index in [9.17, 15) is 9.46 Å². The van der Waals surface area contributed by atoms with Crippen molar-refractivity contribution in [3.05, 3.63) is 12.2 Å². The van der Waals surface area contributed by atoms with Crippen molar-refractivity contribution in [3.8, 4) is 0 Å². The van der Waals surface area contributed by atoms with Crippen LogP contribution in [0.1, 0.15) is 129 Å². The summed E-state index contributed by atoms with van der Waals surface area (Å²) in [6.07, 6.45) is 26.9. The van der Waals surface area contributed by atoms with Gasteiger partial charge in [0.15, 0.2) is 5.78 Å². The second-order valence-corrected chi connectivity index (χ2v) is 13.8. The van der Waals surface area contributed by atoms with Gasteiger partial charge in [0.05, 0.1) is 34.4 Å². The van der Waals surface area contributed by atoms with Gasteiger partial charge in [-0.15, -0.1) is 0 Å². The molecule has 0 amide bonds. The average molecular weight is 563 g/mol. The van der Waals surface area contributed by atoms with Crippen molar-refractivity contribution in [2.24, 2.45) is 0 Å². The van der Waals surface area contributed by atoms with Crippen LogP contribution in [0.5, 0.6) is 0 Å². The number of ether oxygens (including phenoxy) is 2. The van der Waals surface area contributed by atoms with Gasteiger partial charge in [-0.25, -0.2) is 0 Å². The Kier molecular flexibility index (Phi) is 24.4. The molecule has 38 heavy (non-hydrogen) atoms. The van der Waals surface area contributed by atoms with Crippen molar-refractivity contribution in [2.75, 3.05) is 48.1 Å². The van der Waals surface area contributed by atoms with E-state index in [2.05, 4.69) is 19.1 Å². The highest BCUT2D eigenvalue weighted by molar-refractivity contribution is 7.53. The molecule has 0 bridgehead atoms. The number of methoxy groups -OCH3 is 1. The van der Waals surface area contributed by atoms with Crippen molar-refractivity contribution in [1.29, 1.82) is 0 Å². The summed E-state index contributed by atoms with van der Waals surface area (Å²) in [5.74, 6) is -0.442. The van der Waals surface area contributed by atoms with Crippen molar-refractivity contribution < 1.29 is 27.9 Å². The van der Waals surface area contributed by atoms with Gasteiger partial charge in [-0.3, -0.25) is 4.57 Å². The van der Waals surface area contributed by atoms with Crippen LogP contribution in [-0.2, 0) is 18.6 Å². The van der Waals surface area contributed by atoms with Crippen LogP contribution in [0.15, 0.2) is 12.2 Å². The third-order valence-electron chi connectivity index (χ3n) is 7.20. The molecule has 0 aromatic carbocycles. The first-order valence-electron chi connectivity index (χ1n) is 15.7. The first kappa shape index (κ1) is 37.8. The minimum Gasteiger partial charge on any atom is -0.379 e. The van der Waals surface area contributed by atoms with Gasteiger partial charge < -0.3 is 23.4 Å². The molecule has 0 heterocycles. The van der Waals surface area contributed by atoms with Crippen LogP contribution in [0.25, 0.3) is 0 Å². The first-order valence-corrected chi connectivity index (χ1v) is 17.4. The van der Waals surface area contributed by atoms with E-state index < -0.39 is 13.4 Å². The zero-order valence-corrected chi connectivity index (χ0v) is 27.0. The van der Waals surface area contributed by atoms with Crippen molar-refractivity contribution in [3.63, 3.8) is 0 Å². The average Bonchev–Trinajstić information content (AvgIpc) is 2.87. The Bertz CT molecular complexity index is 593. The summed E-state index contributed by atoms with van der Waals surface area (Å²) in [5.41, 5.74) is 0. The minimum atomic E-state index is -3.75. The molecule has 0 aliphatic rings. The summed E-state index contributed by atoms with van der Waals surface area (Å²) in [6.45, 7) is 5.44. The predicted octanol–water partition coefficient (Wildman–Crippen LogP) is 8.87. The number of rotatable bonds is 28. The highest BCUT2D eigenvalue weighted by atomic mass is 31.2. The minimum absolute atomic E-state index is 0.0693. The Balaban J connectivity index is 3.67. The lowest BCUT2D eigenvalue weighted by molar-refractivity contribution is -0.883. The molecule has 7 heteroatoms. The van der Waals surface area contributed by atoms with Gasteiger partial charge in [0.2, 0.25) is 0 Å². The van der Waals surface area contributed by atoms with E-state index >= 15 is 0 Å². The van der Waals surface area contributed by atoms with Crippen LogP contribution in [-0.4, -0.2) is 69.3 Å². The molecular weight excluding hydrogens is 497 g/mol. The summed E-state index contributed by atoms with van der Waals surface area (Å²) >= 11 is 0. The molecule has 3 atom stereocenters. The summed E-state index contributed by atoms with van der Waals surface area (Å²) < 4.78 is 29.9. The Labute approximate surface area is 237 Å². The van der Waals surface area contributed by atoms with Gasteiger partial charge in [0.25, 0.3) is 0 Å². The molecule has 6 nitrogen and oxygen atoms in total. The molecule has 1 N–H and O–H groups in total. The smallest absolute Gasteiger partial charge is 0.379 e. The molecule has 228 valence electrons. The second-order valence-electron chi connectivity index (χ2n) is 11.8. The van der Waals surface area contributed by atoms with E-state index in [1.54, 1.807) is 7.11 Å². The number of nitrogens with zero attached hydrogens (tertiary/aromatic N) is 1. The summed E-state index contributed by atoms with van der Waals surface area (Å²) in [6, 6.07) is 0. The van der Waals surface area contributed by atoms with Gasteiger partial charge in [-0.2, -0.15) is 0 Å². The maximum atomic E-state index is 12.8. The van der Waals surface area contributed by atoms with Crippen LogP contribution in [0.3, 0.4) is 0 Å². The molecule has 0 aliphatic carbocycles. The molecular formula is C31H65NO5P+. The van der Waals surface area contributed by atoms with Crippen LogP contribution in [0, 0.1) is 0 Å². The lowest BCUT2D eigenvalue weighted by Gasteiger charge is -2.36. The molecule has 2 unspecified atom stereocenters. The van der Waals surface area contributed by atoms with E-state index in [4.69, 9.17) is 14.0 Å². The van der Waals surface area contributed by atoms with Gasteiger partial charge in [-0.05, 0) is 38.5 Å². The Hall–Kier alpha value is -0.230. The zero-order valence-electron chi connectivity index (χ0n) is 26.1. The number of unbranched alkanes of at least 4 members (excludes halogenated alkanes) is 14. The lowest BCUT2D eigenvalue weighted by Crippen LogP contribution is -2.45. The van der Waals surface area contributed by atoms with Gasteiger partial charge >= 0.3 is 7.60 Å². The predicted molar refractivity (Wildman–Crippen MR) is 163 cm³/mol. The normalized spacial score (nSPS) is 15.7. The molecule has 0 saturated heterocycles. The van der Waals surface area contributed by atoms with E-state index in [0.29, 0.717) is 24.1 Å². The third kappa shape index (κ3) is 21.6. The molecule has 0 saturated carbocycles. The molecule has 0 spiro atoms. The fraction of sp³-hybridized carbons (Fsp3) is 0.935. The maximum Gasteiger partial charge on any atom is 0.385 e. The topological polar surface area (TPSA) is 65.0 Å². The van der Waals surface area contributed by atoms with E-state index in [1.807, 2.05) is 28.1 Å². The highest BCUT2D eigenvalue weighted by Crippen LogP contribution is 2.51. The number of allylic oxidation sites excluding steroid dienone is 2. The van der Waals surface area contributed by atoms with E-state index in [0.717, 1.165) is 12.8 Å². The second kappa shape index (κ2) is 24.6. The number of hydrogen-bond acceptors (Lipinski definition) is 4. The fourth-order valence-corrected chi connectivity index (χ4v) is 6.74.